The fourth-order valence-electron chi connectivity index (χ4n) is 4.97. The number of rotatable bonds is 9. The van der Waals surface area contributed by atoms with Gasteiger partial charge in [0.15, 0.2) is 0 Å². The Bertz CT molecular complexity index is 647. The molecular weight excluding hydrogens is 364 g/mol. The summed E-state index contributed by atoms with van der Waals surface area (Å²) in [5, 5.41) is 0. The average molecular weight is 401 g/mol. The lowest BCUT2D eigenvalue weighted by atomic mass is 9.83. The highest BCUT2D eigenvalue weighted by atomic mass is 16.6. The maximum absolute atomic E-state index is 12.4. The van der Waals surface area contributed by atoms with Crippen molar-refractivity contribution in [1.82, 2.24) is 0 Å². The average Bonchev–Trinajstić information content (AvgIpc) is 3.53. The predicted octanol–water partition coefficient (Wildman–Crippen LogP) is 5.78. The minimum atomic E-state index is -0.0942. The van der Waals surface area contributed by atoms with E-state index in [4.69, 9.17) is 14.2 Å². The van der Waals surface area contributed by atoms with Crippen molar-refractivity contribution in [2.75, 3.05) is 6.61 Å². The van der Waals surface area contributed by atoms with Crippen molar-refractivity contribution in [3.05, 3.63) is 29.8 Å². The summed E-state index contributed by atoms with van der Waals surface area (Å²) >= 11 is 0. The molecule has 4 heteroatoms. The van der Waals surface area contributed by atoms with Crippen molar-refractivity contribution >= 4 is 5.97 Å². The van der Waals surface area contributed by atoms with E-state index >= 15 is 0 Å². The largest absolute Gasteiger partial charge is 0.426 e. The van der Waals surface area contributed by atoms with Crippen LogP contribution in [0.3, 0.4) is 0 Å². The normalized spacial score (nSPS) is 31.1. The minimum absolute atomic E-state index is 0.00400. The van der Waals surface area contributed by atoms with Crippen LogP contribution in [0.1, 0.15) is 89.0 Å². The van der Waals surface area contributed by atoms with Crippen LogP contribution in [0.15, 0.2) is 24.3 Å². The van der Waals surface area contributed by atoms with Gasteiger partial charge in [-0.1, -0.05) is 38.3 Å². The summed E-state index contributed by atoms with van der Waals surface area (Å²) in [6.45, 7) is 3.16. The lowest BCUT2D eigenvalue weighted by molar-refractivity contribution is -0.139. The number of benzene rings is 1. The Morgan fingerprint density at radius 3 is 2.48 bits per heavy atom. The maximum Gasteiger partial charge on any atom is 0.314 e. The van der Waals surface area contributed by atoms with Crippen molar-refractivity contribution in [3.63, 3.8) is 0 Å². The summed E-state index contributed by atoms with van der Waals surface area (Å²) in [4.78, 5) is 12.4. The Hall–Kier alpha value is -1.39. The zero-order valence-electron chi connectivity index (χ0n) is 17.8. The van der Waals surface area contributed by atoms with Gasteiger partial charge in [0.2, 0.25) is 0 Å². The van der Waals surface area contributed by atoms with Crippen molar-refractivity contribution in [2.24, 2.45) is 5.92 Å². The van der Waals surface area contributed by atoms with E-state index in [0.717, 1.165) is 38.7 Å². The molecule has 4 rings (SSSR count). The van der Waals surface area contributed by atoms with Gasteiger partial charge in [0.25, 0.3) is 0 Å². The summed E-state index contributed by atoms with van der Waals surface area (Å²) in [7, 11) is 0. The Morgan fingerprint density at radius 1 is 0.966 bits per heavy atom. The molecule has 1 heterocycles. The van der Waals surface area contributed by atoms with Crippen LogP contribution in [0.25, 0.3) is 0 Å². The number of carbonyl (C=O) groups excluding carboxylic acids is 1. The smallest absolute Gasteiger partial charge is 0.314 e. The van der Waals surface area contributed by atoms with Gasteiger partial charge in [0, 0.05) is 6.61 Å². The van der Waals surface area contributed by atoms with Crippen LogP contribution in [0.4, 0.5) is 0 Å². The molecule has 0 aromatic heterocycles. The van der Waals surface area contributed by atoms with Crippen molar-refractivity contribution in [1.29, 1.82) is 0 Å². The van der Waals surface area contributed by atoms with E-state index in [1.54, 1.807) is 0 Å². The summed E-state index contributed by atoms with van der Waals surface area (Å²) in [6, 6.07) is 8.20. The number of esters is 1. The molecule has 3 fully saturated rings. The SMILES string of the molecule is CCCCCCOC1CCC(c2ccc(OC(=O)C3CCC4OC4C3)cc2)CC1. The first kappa shape index (κ1) is 20.9. The number of carbonyl (C=O) groups is 1. The molecule has 1 aromatic rings. The lowest BCUT2D eigenvalue weighted by Crippen LogP contribution is -2.25. The first-order valence-corrected chi connectivity index (χ1v) is 11.8. The van der Waals surface area contributed by atoms with Gasteiger partial charge >= 0.3 is 5.97 Å². The quantitative estimate of drug-likeness (QED) is 0.228. The molecule has 0 N–H and O–H groups in total. The Labute approximate surface area is 175 Å². The van der Waals surface area contributed by atoms with Gasteiger partial charge in [-0.25, -0.2) is 0 Å². The monoisotopic (exact) mass is 400 g/mol. The molecule has 1 aliphatic heterocycles. The van der Waals surface area contributed by atoms with E-state index in [9.17, 15) is 4.79 Å². The third kappa shape index (κ3) is 5.82. The molecule has 29 heavy (non-hydrogen) atoms. The molecule has 0 amide bonds. The number of fused-ring (bicyclic) bond motifs is 1. The number of epoxide rings is 1. The molecule has 3 aliphatic rings. The summed E-state index contributed by atoms with van der Waals surface area (Å²) in [6.07, 6.45) is 13.6. The number of unbranched alkanes of at least 4 members (excludes halogenated alkanes) is 3. The van der Waals surface area contributed by atoms with Crippen LogP contribution in [-0.2, 0) is 14.3 Å². The first-order valence-electron chi connectivity index (χ1n) is 11.8. The second kappa shape index (κ2) is 10.1. The summed E-state index contributed by atoms with van der Waals surface area (Å²) in [5.74, 6) is 1.17. The van der Waals surface area contributed by atoms with Crippen molar-refractivity contribution in [3.8, 4) is 5.75 Å². The van der Waals surface area contributed by atoms with Gasteiger partial charge in [-0.2, -0.15) is 0 Å². The van der Waals surface area contributed by atoms with Gasteiger partial charge in [0.05, 0.1) is 24.2 Å². The third-order valence-corrected chi connectivity index (χ3v) is 6.93. The first-order chi connectivity index (χ1) is 14.2. The van der Waals surface area contributed by atoms with Crippen molar-refractivity contribution < 1.29 is 19.0 Å². The van der Waals surface area contributed by atoms with Crippen LogP contribution < -0.4 is 4.74 Å². The van der Waals surface area contributed by atoms with E-state index in [2.05, 4.69) is 19.1 Å². The standard InChI is InChI=1S/C25H36O4/c1-2-3-4-5-16-27-21-11-6-18(7-12-21)19-8-13-22(14-9-19)28-25(26)20-10-15-23-24(17-20)29-23/h8-9,13-14,18,20-21,23-24H,2-7,10-12,15-17H2,1H3. The Morgan fingerprint density at radius 2 is 1.76 bits per heavy atom. The molecule has 1 aromatic carbocycles. The van der Waals surface area contributed by atoms with Gasteiger partial charge in [-0.05, 0) is 75.0 Å². The fraction of sp³-hybridized carbons (Fsp3) is 0.720. The number of ether oxygens (including phenoxy) is 3. The van der Waals surface area contributed by atoms with Gasteiger partial charge in [0.1, 0.15) is 5.75 Å². The zero-order valence-corrected chi connectivity index (χ0v) is 17.8. The highest BCUT2D eigenvalue weighted by Crippen LogP contribution is 2.40. The van der Waals surface area contributed by atoms with E-state index in [1.165, 1.54) is 44.1 Å². The second-order valence-corrected chi connectivity index (χ2v) is 9.12. The molecule has 1 saturated heterocycles. The van der Waals surface area contributed by atoms with Crippen LogP contribution in [0, 0.1) is 5.92 Å². The highest BCUT2D eigenvalue weighted by molar-refractivity contribution is 5.75. The molecule has 160 valence electrons. The van der Waals surface area contributed by atoms with Crippen LogP contribution in [0.5, 0.6) is 5.75 Å². The number of hydrogen-bond acceptors (Lipinski definition) is 4. The predicted molar refractivity (Wildman–Crippen MR) is 113 cm³/mol. The fourth-order valence-corrected chi connectivity index (χ4v) is 4.97. The van der Waals surface area contributed by atoms with Gasteiger partial charge < -0.3 is 14.2 Å². The van der Waals surface area contributed by atoms with Gasteiger partial charge in [-0.15, -0.1) is 0 Å². The van der Waals surface area contributed by atoms with E-state index in [0.29, 0.717) is 30.0 Å². The van der Waals surface area contributed by atoms with E-state index in [1.807, 2.05) is 12.1 Å². The molecule has 0 radical (unpaired) electrons. The zero-order chi connectivity index (χ0) is 20.1. The second-order valence-electron chi connectivity index (χ2n) is 9.12. The Balaban J connectivity index is 1.18. The van der Waals surface area contributed by atoms with Crippen molar-refractivity contribution in [2.45, 2.75) is 102 Å². The molecule has 2 aliphatic carbocycles. The minimum Gasteiger partial charge on any atom is -0.426 e. The van der Waals surface area contributed by atoms with Gasteiger partial charge in [-0.3, -0.25) is 4.79 Å². The molecule has 2 saturated carbocycles. The Kier molecular flexibility index (Phi) is 7.25. The lowest BCUT2D eigenvalue weighted by Gasteiger charge is -2.29. The van der Waals surface area contributed by atoms with E-state index in [-0.39, 0.29) is 11.9 Å². The van der Waals surface area contributed by atoms with Crippen LogP contribution >= 0.6 is 0 Å². The maximum atomic E-state index is 12.4. The molecule has 4 nitrogen and oxygen atoms in total. The molecule has 0 spiro atoms. The van der Waals surface area contributed by atoms with Crippen LogP contribution in [0.2, 0.25) is 0 Å². The highest BCUT2D eigenvalue weighted by Gasteiger charge is 2.46. The topological polar surface area (TPSA) is 48.1 Å². The van der Waals surface area contributed by atoms with E-state index < -0.39 is 0 Å². The van der Waals surface area contributed by atoms with Crippen LogP contribution in [-0.4, -0.2) is 30.9 Å². The molecular formula is C25H36O4. The molecule has 3 unspecified atom stereocenters. The molecule has 0 bridgehead atoms. The summed E-state index contributed by atoms with van der Waals surface area (Å²) < 4.78 is 17.2. The third-order valence-electron chi connectivity index (χ3n) is 6.93. The molecule has 3 atom stereocenters. The number of hydrogen-bond donors (Lipinski definition) is 0. The summed E-state index contributed by atoms with van der Waals surface area (Å²) in [5.41, 5.74) is 1.36.